The molecule has 1 aromatic carbocycles. The number of nitrogens with zero attached hydrogens (tertiary/aromatic N) is 2. The quantitative estimate of drug-likeness (QED) is 0.811. The Bertz CT molecular complexity index is 483. The van der Waals surface area contributed by atoms with Gasteiger partial charge in [0.25, 0.3) is 0 Å². The molecule has 2 heterocycles. The van der Waals surface area contributed by atoms with Crippen molar-refractivity contribution in [2.24, 2.45) is 5.92 Å². The van der Waals surface area contributed by atoms with Crippen molar-refractivity contribution in [2.75, 3.05) is 13.1 Å². The molecule has 3 heteroatoms. The Morgan fingerprint density at radius 1 is 1.11 bits per heavy atom. The number of benzene rings is 1. The second-order valence-corrected chi connectivity index (χ2v) is 6.08. The molecule has 3 nitrogen and oxygen atoms in total. The van der Waals surface area contributed by atoms with Gasteiger partial charge in [-0.3, -0.25) is 9.69 Å². The highest BCUT2D eigenvalue weighted by atomic mass is 16.2. The predicted octanol–water partition coefficient (Wildman–Crippen LogP) is 2.40. The van der Waals surface area contributed by atoms with Crippen molar-refractivity contribution in [2.45, 2.75) is 37.9 Å². The highest BCUT2D eigenvalue weighted by molar-refractivity contribution is 5.81. The summed E-state index contributed by atoms with van der Waals surface area (Å²) < 4.78 is 0. The second kappa shape index (κ2) is 4.34. The Morgan fingerprint density at radius 2 is 1.89 bits per heavy atom. The molecule has 2 aliphatic heterocycles. The summed E-state index contributed by atoms with van der Waals surface area (Å²) in [7, 11) is 0. The molecular formula is C16H20N2O. The van der Waals surface area contributed by atoms with Crippen molar-refractivity contribution >= 4 is 5.91 Å². The van der Waals surface area contributed by atoms with E-state index in [-0.39, 0.29) is 6.17 Å². The summed E-state index contributed by atoms with van der Waals surface area (Å²) in [5.41, 5.74) is 1.28. The fraction of sp³-hybridized carbons (Fsp3) is 0.562. The van der Waals surface area contributed by atoms with Gasteiger partial charge in [-0.15, -0.1) is 0 Å². The second-order valence-electron chi connectivity index (χ2n) is 6.08. The average Bonchev–Trinajstić information content (AvgIpc) is 3.08. The van der Waals surface area contributed by atoms with Gasteiger partial charge < -0.3 is 4.90 Å². The summed E-state index contributed by atoms with van der Waals surface area (Å²) in [6, 6.07) is 11.1. The molecule has 19 heavy (non-hydrogen) atoms. The average molecular weight is 256 g/mol. The van der Waals surface area contributed by atoms with Gasteiger partial charge in [-0.1, -0.05) is 30.3 Å². The Kier molecular flexibility index (Phi) is 2.62. The van der Waals surface area contributed by atoms with Crippen LogP contribution in [0.2, 0.25) is 0 Å². The molecule has 2 saturated heterocycles. The summed E-state index contributed by atoms with van der Waals surface area (Å²) in [6.45, 7) is 2.08. The van der Waals surface area contributed by atoms with Gasteiger partial charge in [-0.2, -0.15) is 0 Å². The van der Waals surface area contributed by atoms with Crippen molar-refractivity contribution < 1.29 is 4.79 Å². The van der Waals surface area contributed by atoms with Gasteiger partial charge >= 0.3 is 0 Å². The number of fused-ring (bicyclic) bond motifs is 1. The molecule has 2 unspecified atom stereocenters. The molecule has 1 aromatic rings. The third-order valence-corrected chi connectivity index (χ3v) is 4.75. The topological polar surface area (TPSA) is 23.6 Å². The smallest absolute Gasteiger partial charge is 0.227 e. The summed E-state index contributed by atoms with van der Waals surface area (Å²) in [4.78, 5) is 17.2. The summed E-state index contributed by atoms with van der Waals surface area (Å²) >= 11 is 0. The maximum atomic E-state index is 12.5. The minimum Gasteiger partial charge on any atom is -0.321 e. The zero-order valence-electron chi connectivity index (χ0n) is 11.2. The van der Waals surface area contributed by atoms with Gasteiger partial charge in [-0.05, 0) is 31.2 Å². The van der Waals surface area contributed by atoms with E-state index in [9.17, 15) is 4.79 Å². The molecule has 0 N–H and O–H groups in total. The van der Waals surface area contributed by atoms with Crippen LogP contribution >= 0.6 is 0 Å². The molecule has 100 valence electrons. The van der Waals surface area contributed by atoms with Crippen LogP contribution in [0.4, 0.5) is 0 Å². The Labute approximate surface area is 114 Å². The molecule has 3 fully saturated rings. The maximum Gasteiger partial charge on any atom is 0.227 e. The minimum atomic E-state index is 0.196. The monoisotopic (exact) mass is 256 g/mol. The first-order valence-electron chi connectivity index (χ1n) is 7.46. The molecule has 0 spiro atoms. The fourth-order valence-corrected chi connectivity index (χ4v) is 3.65. The fourth-order valence-electron chi connectivity index (χ4n) is 3.65. The SMILES string of the molecule is O=C(C1CC1)N1CC2CCCN2C1c1ccccc1. The van der Waals surface area contributed by atoms with Crippen LogP contribution in [0.1, 0.15) is 37.4 Å². The van der Waals surface area contributed by atoms with Crippen LogP contribution in [-0.2, 0) is 4.79 Å². The third-order valence-electron chi connectivity index (χ3n) is 4.75. The van der Waals surface area contributed by atoms with E-state index in [1.807, 2.05) is 6.07 Å². The van der Waals surface area contributed by atoms with Gasteiger partial charge in [0.05, 0.1) is 0 Å². The highest BCUT2D eigenvalue weighted by Crippen LogP contribution is 2.42. The van der Waals surface area contributed by atoms with Gasteiger partial charge in [-0.25, -0.2) is 0 Å². The maximum absolute atomic E-state index is 12.5. The number of hydrogen-bond acceptors (Lipinski definition) is 2. The van der Waals surface area contributed by atoms with E-state index in [4.69, 9.17) is 0 Å². The number of rotatable bonds is 2. The van der Waals surface area contributed by atoms with E-state index in [0.29, 0.717) is 17.9 Å². The summed E-state index contributed by atoms with van der Waals surface area (Å²) in [6.07, 6.45) is 4.92. The van der Waals surface area contributed by atoms with Crippen molar-refractivity contribution in [3.8, 4) is 0 Å². The molecular weight excluding hydrogens is 236 g/mol. The largest absolute Gasteiger partial charge is 0.321 e. The zero-order chi connectivity index (χ0) is 12.8. The number of amides is 1. The Morgan fingerprint density at radius 3 is 2.63 bits per heavy atom. The van der Waals surface area contributed by atoms with Crippen molar-refractivity contribution in [3.63, 3.8) is 0 Å². The Hall–Kier alpha value is -1.35. The van der Waals surface area contributed by atoms with Crippen LogP contribution in [0.15, 0.2) is 30.3 Å². The van der Waals surface area contributed by atoms with Gasteiger partial charge in [0.15, 0.2) is 0 Å². The molecule has 2 atom stereocenters. The molecule has 0 radical (unpaired) electrons. The normalized spacial score (nSPS) is 30.6. The van der Waals surface area contributed by atoms with E-state index < -0.39 is 0 Å². The molecule has 0 bridgehead atoms. The molecule has 0 aromatic heterocycles. The van der Waals surface area contributed by atoms with Crippen LogP contribution in [0.25, 0.3) is 0 Å². The van der Waals surface area contributed by atoms with Crippen molar-refractivity contribution in [1.82, 2.24) is 9.80 Å². The molecule has 3 aliphatic rings. The van der Waals surface area contributed by atoms with Crippen molar-refractivity contribution in [1.29, 1.82) is 0 Å². The number of carbonyl (C=O) groups is 1. The lowest BCUT2D eigenvalue weighted by Crippen LogP contribution is -2.36. The first-order valence-corrected chi connectivity index (χ1v) is 7.46. The number of carbonyl (C=O) groups excluding carboxylic acids is 1. The first-order chi connectivity index (χ1) is 9.34. The minimum absolute atomic E-state index is 0.196. The number of hydrogen-bond donors (Lipinski definition) is 0. The lowest BCUT2D eigenvalue weighted by atomic mass is 10.1. The summed E-state index contributed by atoms with van der Waals surface area (Å²) in [5, 5.41) is 0. The first kappa shape index (κ1) is 11.5. The predicted molar refractivity (Wildman–Crippen MR) is 73.3 cm³/mol. The van der Waals surface area contributed by atoms with Crippen LogP contribution < -0.4 is 0 Å². The van der Waals surface area contributed by atoms with Crippen LogP contribution in [-0.4, -0.2) is 34.8 Å². The van der Waals surface area contributed by atoms with Crippen LogP contribution in [0, 0.1) is 5.92 Å². The third kappa shape index (κ3) is 1.88. The van der Waals surface area contributed by atoms with Crippen LogP contribution in [0.3, 0.4) is 0 Å². The molecule has 1 amide bonds. The van der Waals surface area contributed by atoms with Gasteiger partial charge in [0, 0.05) is 25.0 Å². The van der Waals surface area contributed by atoms with E-state index in [0.717, 1.165) is 25.9 Å². The summed E-state index contributed by atoms with van der Waals surface area (Å²) in [5.74, 6) is 0.717. The van der Waals surface area contributed by atoms with E-state index >= 15 is 0 Å². The highest BCUT2D eigenvalue weighted by Gasteiger charge is 2.47. The van der Waals surface area contributed by atoms with Crippen molar-refractivity contribution in [3.05, 3.63) is 35.9 Å². The van der Waals surface area contributed by atoms with E-state index in [2.05, 4.69) is 34.1 Å². The van der Waals surface area contributed by atoms with E-state index in [1.54, 1.807) is 0 Å². The standard InChI is InChI=1S/C16H20N2O/c19-16(13-8-9-13)18-11-14-7-4-10-17(14)15(18)12-5-2-1-3-6-12/h1-3,5-6,13-15H,4,7-11H2. The lowest BCUT2D eigenvalue weighted by Gasteiger charge is -2.30. The molecule has 1 saturated carbocycles. The Balaban J connectivity index is 1.67. The van der Waals surface area contributed by atoms with Crippen LogP contribution in [0.5, 0.6) is 0 Å². The van der Waals surface area contributed by atoms with Gasteiger partial charge in [0.2, 0.25) is 5.91 Å². The van der Waals surface area contributed by atoms with E-state index in [1.165, 1.54) is 18.4 Å². The molecule has 4 rings (SSSR count). The molecule has 1 aliphatic carbocycles. The zero-order valence-corrected chi connectivity index (χ0v) is 11.2. The van der Waals surface area contributed by atoms with Gasteiger partial charge in [0.1, 0.15) is 6.17 Å². The lowest BCUT2D eigenvalue weighted by molar-refractivity contribution is -0.135.